The van der Waals surface area contributed by atoms with Crippen molar-refractivity contribution in [3.05, 3.63) is 144 Å². The van der Waals surface area contributed by atoms with E-state index < -0.39 is 52.5 Å². The number of aliphatic carboxylic acids is 1. The number of benzene rings is 4. The standard InChI is InChI=1S/C28H33NO5.C17H21NO4.C16H22O3.C5H9ClO/c1-19(25(30)16-20(2)26(31)33-18-21-11-7-6-8-12-21)15-22-17-29(27(32)34-28(3,4)5)24-14-10-9-13-23(22)24;1-11(15(19)20)9-12-10-18(16(21)22-17(2,3)4)14-8-6-5-7-13(12)14;1-12(10-14(17)16(2,3)4)15(18)19-11-13-8-6-5-7-9-13;1-5(2,3)4(6)7/h6-14,17,19-20H,15-16,18H2,1-5H3;5-8,10-11H,9H2,1-4H3,(H,19,20);5-9,12H,10-11H2,1-4H3;1-3H3/t19-,20+;11-;12-;/m001./s1. The van der Waals surface area contributed by atoms with Crippen LogP contribution < -0.4 is 0 Å². The molecule has 6 rings (SSSR count). The monoisotopic (exact) mass is 1150 g/mol. The zero-order valence-corrected chi connectivity index (χ0v) is 51.5. The molecule has 15 nitrogen and oxygen atoms in total. The van der Waals surface area contributed by atoms with Crippen LogP contribution in [0.15, 0.2) is 122 Å². The van der Waals surface area contributed by atoms with E-state index in [-0.39, 0.29) is 66.1 Å². The summed E-state index contributed by atoms with van der Waals surface area (Å²) in [6.45, 7) is 29.2. The summed E-state index contributed by atoms with van der Waals surface area (Å²) in [5, 5.41) is 10.6. The second-order valence-electron chi connectivity index (χ2n) is 24.7. The zero-order chi connectivity index (χ0) is 61.9. The SMILES string of the molecule is CC(C)(C)C(=O)Cl.C[C@@H](Cc1cn(C(=O)OC(C)(C)C)c2ccccc12)C(=O)O.C[C@H](CC(=O)C(C)(C)C)C(=O)OCc1ccccc1.C[C@H](CC(=O)[C@@H](C)Cc1cn(C(=O)OC(C)(C)C)c2ccccc12)C(=O)OCc1ccccc1. The summed E-state index contributed by atoms with van der Waals surface area (Å²) in [6.07, 6.45) is 3.68. The molecule has 0 unspecified atom stereocenters. The number of rotatable bonds is 16. The van der Waals surface area contributed by atoms with Crippen LogP contribution in [0, 0.1) is 34.5 Å². The Morgan fingerprint density at radius 1 is 0.476 bits per heavy atom. The lowest BCUT2D eigenvalue weighted by Gasteiger charge is -2.19. The van der Waals surface area contributed by atoms with Crippen molar-refractivity contribution < 1.29 is 62.4 Å². The van der Waals surface area contributed by atoms with E-state index in [0.29, 0.717) is 12.8 Å². The van der Waals surface area contributed by atoms with Gasteiger partial charge in [0.2, 0.25) is 5.24 Å². The topological polar surface area (TPSA) is 204 Å². The smallest absolute Gasteiger partial charge is 0.419 e. The van der Waals surface area contributed by atoms with Crippen molar-refractivity contribution in [2.45, 2.75) is 161 Å². The maximum absolute atomic E-state index is 12.9. The van der Waals surface area contributed by atoms with Gasteiger partial charge in [-0.1, -0.05) is 166 Å². The number of esters is 2. The van der Waals surface area contributed by atoms with E-state index in [1.807, 2.05) is 178 Å². The summed E-state index contributed by atoms with van der Waals surface area (Å²) in [5.41, 5.74) is 3.06. The minimum atomic E-state index is -0.853. The molecule has 0 aliphatic heterocycles. The minimum Gasteiger partial charge on any atom is -0.481 e. The molecule has 0 saturated carbocycles. The summed E-state index contributed by atoms with van der Waals surface area (Å²) in [4.78, 5) is 95.3. The molecular weight excluding hydrogens is 1060 g/mol. The molecule has 0 amide bonds. The molecule has 82 heavy (non-hydrogen) atoms. The summed E-state index contributed by atoms with van der Waals surface area (Å²) in [5.74, 6) is -3.24. The number of hydrogen-bond acceptors (Lipinski definition) is 12. The highest BCUT2D eigenvalue weighted by molar-refractivity contribution is 6.64. The van der Waals surface area contributed by atoms with Gasteiger partial charge in [-0.25, -0.2) is 9.59 Å². The van der Waals surface area contributed by atoms with Crippen molar-refractivity contribution in [2.75, 3.05) is 0 Å². The first-order valence-corrected chi connectivity index (χ1v) is 27.9. The number of carbonyl (C=O) groups excluding carboxylic acids is 7. The number of nitrogens with zero attached hydrogens (tertiary/aromatic N) is 2. The van der Waals surface area contributed by atoms with Crippen molar-refractivity contribution >= 4 is 80.3 Å². The third kappa shape index (κ3) is 23.2. The Morgan fingerprint density at radius 3 is 1.16 bits per heavy atom. The predicted octanol–water partition coefficient (Wildman–Crippen LogP) is 14.8. The van der Waals surface area contributed by atoms with E-state index in [1.54, 1.807) is 53.9 Å². The van der Waals surface area contributed by atoms with E-state index in [4.69, 9.17) is 35.7 Å². The third-order valence-electron chi connectivity index (χ3n) is 12.5. The van der Waals surface area contributed by atoms with E-state index in [0.717, 1.165) is 44.1 Å². The Bertz CT molecular complexity index is 3110. The first kappa shape index (κ1) is 68.9. The molecular formula is C66H85ClN2O13. The molecule has 2 aromatic heterocycles. The lowest BCUT2D eigenvalue weighted by Crippen LogP contribution is -2.26. The maximum Gasteiger partial charge on any atom is 0.419 e. The van der Waals surface area contributed by atoms with Gasteiger partial charge in [-0.3, -0.25) is 37.9 Å². The van der Waals surface area contributed by atoms with Crippen molar-refractivity contribution in [3.63, 3.8) is 0 Å². The maximum atomic E-state index is 12.9. The van der Waals surface area contributed by atoms with Crippen LogP contribution in [-0.2, 0) is 73.8 Å². The average Bonchev–Trinajstić information content (AvgIpc) is 3.85. The summed E-state index contributed by atoms with van der Waals surface area (Å²) in [6, 6.07) is 34.0. The number of halogens is 1. The Labute approximate surface area is 489 Å². The van der Waals surface area contributed by atoms with Gasteiger partial charge in [-0.2, -0.15) is 0 Å². The van der Waals surface area contributed by atoms with Gasteiger partial charge >= 0.3 is 30.1 Å². The largest absolute Gasteiger partial charge is 0.481 e. The third-order valence-corrected chi connectivity index (χ3v) is 13.0. The predicted molar refractivity (Wildman–Crippen MR) is 320 cm³/mol. The molecule has 2 heterocycles. The van der Waals surface area contributed by atoms with Crippen molar-refractivity contribution in [1.29, 1.82) is 0 Å². The minimum absolute atomic E-state index is 0.0155. The second kappa shape index (κ2) is 30.6. The first-order chi connectivity index (χ1) is 38.0. The van der Waals surface area contributed by atoms with Crippen LogP contribution in [0.2, 0.25) is 0 Å². The molecule has 444 valence electrons. The van der Waals surface area contributed by atoms with Gasteiger partial charge in [-0.15, -0.1) is 0 Å². The molecule has 0 fully saturated rings. The number of aromatic nitrogens is 2. The normalized spacial score (nSPS) is 13.0. The molecule has 4 atom stereocenters. The molecule has 4 aromatic carbocycles. The summed E-state index contributed by atoms with van der Waals surface area (Å²) >= 11 is 5.11. The van der Waals surface area contributed by atoms with Gasteiger partial charge in [0.25, 0.3) is 0 Å². The number of carbonyl (C=O) groups is 8. The quantitative estimate of drug-likeness (QED) is 0.0545. The number of carboxylic acids is 1. The van der Waals surface area contributed by atoms with Gasteiger partial charge in [0.15, 0.2) is 0 Å². The fourth-order valence-corrected chi connectivity index (χ4v) is 7.61. The second-order valence-corrected chi connectivity index (χ2v) is 25.0. The first-order valence-electron chi connectivity index (χ1n) is 27.5. The van der Waals surface area contributed by atoms with Crippen LogP contribution in [0.25, 0.3) is 21.8 Å². The van der Waals surface area contributed by atoms with Crippen LogP contribution in [0.1, 0.15) is 146 Å². The van der Waals surface area contributed by atoms with E-state index in [2.05, 4.69) is 0 Å². The molecule has 0 spiro atoms. The van der Waals surface area contributed by atoms with Crippen LogP contribution in [0.3, 0.4) is 0 Å². The number of fused-ring (bicyclic) bond motifs is 2. The Kier molecular flexibility index (Phi) is 25.7. The number of para-hydroxylation sites is 2. The van der Waals surface area contributed by atoms with E-state index in [1.165, 1.54) is 9.13 Å². The van der Waals surface area contributed by atoms with Gasteiger partial charge in [0.1, 0.15) is 36.0 Å². The molecule has 16 heteroatoms. The number of ketones is 2. The van der Waals surface area contributed by atoms with E-state index in [9.17, 15) is 38.4 Å². The molecule has 1 N–H and O–H groups in total. The van der Waals surface area contributed by atoms with Crippen LogP contribution in [-0.4, -0.2) is 72.3 Å². The van der Waals surface area contributed by atoms with Crippen molar-refractivity contribution in [2.24, 2.45) is 34.5 Å². The molecule has 0 bridgehead atoms. The molecule has 6 aromatic rings. The van der Waals surface area contributed by atoms with Gasteiger partial charge in [0, 0.05) is 52.8 Å². The number of hydrogen-bond donors (Lipinski definition) is 1. The Balaban J connectivity index is 0.000000318. The van der Waals surface area contributed by atoms with Crippen LogP contribution in [0.4, 0.5) is 9.59 Å². The number of ether oxygens (including phenoxy) is 4. The number of Topliss-reactive ketones (excluding diaryl/α,β-unsaturated/α-hetero) is 2. The summed E-state index contributed by atoms with van der Waals surface area (Å²) < 4.78 is 24.5. The average molecular weight is 1150 g/mol. The highest BCUT2D eigenvalue weighted by Crippen LogP contribution is 2.28. The van der Waals surface area contributed by atoms with E-state index >= 15 is 0 Å². The van der Waals surface area contributed by atoms with Gasteiger partial charge in [-0.05, 0) is 100 Å². The fraction of sp³-hybridized carbons (Fsp3) is 0.455. The van der Waals surface area contributed by atoms with Gasteiger partial charge < -0.3 is 24.1 Å². The molecule has 0 aliphatic rings. The van der Waals surface area contributed by atoms with Gasteiger partial charge in [0.05, 0.1) is 28.8 Å². The Morgan fingerprint density at radius 2 is 0.817 bits per heavy atom. The highest BCUT2D eigenvalue weighted by Gasteiger charge is 2.28. The molecule has 0 radical (unpaired) electrons. The summed E-state index contributed by atoms with van der Waals surface area (Å²) in [7, 11) is 0. The lowest BCUT2D eigenvalue weighted by atomic mass is 9.86. The Hall–Kier alpha value is -7.39. The number of carboxylic acid groups (broad SMARTS) is 1. The fourth-order valence-electron chi connectivity index (χ4n) is 7.61. The highest BCUT2D eigenvalue weighted by atomic mass is 35.5. The van der Waals surface area contributed by atoms with Crippen LogP contribution >= 0.6 is 11.6 Å². The van der Waals surface area contributed by atoms with Crippen molar-refractivity contribution in [3.8, 4) is 0 Å². The zero-order valence-electron chi connectivity index (χ0n) is 50.7. The lowest BCUT2D eigenvalue weighted by molar-refractivity contribution is -0.151. The van der Waals surface area contributed by atoms with Crippen LogP contribution in [0.5, 0.6) is 0 Å². The van der Waals surface area contributed by atoms with Crippen molar-refractivity contribution in [1.82, 2.24) is 9.13 Å². The molecule has 0 aliphatic carbocycles. The molecule has 0 saturated heterocycles.